The lowest BCUT2D eigenvalue weighted by Crippen LogP contribution is -2.40. The Morgan fingerprint density at radius 3 is 2.56 bits per heavy atom. The molecular formula is C12H12N2O3S. The summed E-state index contributed by atoms with van der Waals surface area (Å²) < 4.78 is 24.7. The first kappa shape index (κ1) is 12.6. The molecule has 1 aliphatic heterocycles. The minimum absolute atomic E-state index is 0.141. The van der Waals surface area contributed by atoms with Gasteiger partial charge in [0.2, 0.25) is 5.91 Å². The van der Waals surface area contributed by atoms with Crippen LogP contribution in [0.3, 0.4) is 0 Å². The molecule has 1 aromatic carbocycles. The van der Waals surface area contributed by atoms with E-state index in [9.17, 15) is 13.2 Å². The fourth-order valence-corrected chi connectivity index (χ4v) is 4.01. The standard InChI is InChI=1S/C12H12N2O3S/c1-7-3-4-8(2)11-10(7)14-12(15)9(5-6-13)18(11,16)17/h3-4,9H,5H2,1-2H3,(H,14,15). The number of fused-ring (bicyclic) bond motifs is 1. The summed E-state index contributed by atoms with van der Waals surface area (Å²) in [6.07, 6.45) is -0.332. The smallest absolute Gasteiger partial charge is 0.244 e. The molecule has 0 aliphatic carbocycles. The average molecular weight is 264 g/mol. The van der Waals surface area contributed by atoms with Crippen LogP contribution in [0.1, 0.15) is 17.5 Å². The minimum atomic E-state index is -3.78. The quantitative estimate of drug-likeness (QED) is 0.828. The molecule has 1 heterocycles. The average Bonchev–Trinajstić information content (AvgIpc) is 2.28. The van der Waals surface area contributed by atoms with Gasteiger partial charge in [-0.2, -0.15) is 5.26 Å². The lowest BCUT2D eigenvalue weighted by molar-refractivity contribution is -0.115. The summed E-state index contributed by atoms with van der Waals surface area (Å²) in [6.45, 7) is 3.41. The molecule has 1 atom stereocenters. The molecule has 2 rings (SSSR count). The number of nitriles is 1. The fraction of sp³-hybridized carbons (Fsp3) is 0.333. The van der Waals surface area contributed by atoms with E-state index < -0.39 is 21.0 Å². The summed E-state index contributed by atoms with van der Waals surface area (Å²) in [5.74, 6) is -0.627. The highest BCUT2D eigenvalue weighted by molar-refractivity contribution is 7.93. The highest BCUT2D eigenvalue weighted by Crippen LogP contribution is 2.36. The van der Waals surface area contributed by atoms with Crippen molar-refractivity contribution < 1.29 is 13.2 Å². The van der Waals surface area contributed by atoms with E-state index in [0.717, 1.165) is 0 Å². The Morgan fingerprint density at radius 2 is 1.94 bits per heavy atom. The van der Waals surface area contributed by atoms with Crippen molar-refractivity contribution in [2.45, 2.75) is 30.4 Å². The Morgan fingerprint density at radius 1 is 1.33 bits per heavy atom. The van der Waals surface area contributed by atoms with Crippen molar-refractivity contribution in [3.63, 3.8) is 0 Å². The third-order valence-corrected chi connectivity index (χ3v) is 5.26. The van der Waals surface area contributed by atoms with Crippen LogP contribution in [0.2, 0.25) is 0 Å². The lowest BCUT2D eigenvalue weighted by Gasteiger charge is -2.26. The van der Waals surface area contributed by atoms with Gasteiger partial charge in [-0.3, -0.25) is 4.79 Å². The summed E-state index contributed by atoms with van der Waals surface area (Å²) in [5.41, 5.74) is 1.62. The molecule has 1 aliphatic rings. The predicted octanol–water partition coefficient (Wildman–Crippen LogP) is 1.31. The summed E-state index contributed by atoms with van der Waals surface area (Å²) in [4.78, 5) is 11.9. The maximum absolute atomic E-state index is 12.4. The van der Waals surface area contributed by atoms with Crippen molar-refractivity contribution in [3.05, 3.63) is 23.3 Å². The van der Waals surface area contributed by atoms with Gasteiger partial charge in [-0.25, -0.2) is 8.42 Å². The largest absolute Gasteiger partial charge is 0.324 e. The molecule has 0 spiro atoms. The third-order valence-electron chi connectivity index (χ3n) is 3.04. The van der Waals surface area contributed by atoms with Gasteiger partial charge < -0.3 is 5.32 Å². The van der Waals surface area contributed by atoms with Crippen molar-refractivity contribution in [3.8, 4) is 6.07 Å². The molecule has 0 aromatic heterocycles. The molecular weight excluding hydrogens is 252 g/mol. The fourth-order valence-electron chi connectivity index (χ4n) is 2.08. The third kappa shape index (κ3) is 1.68. The van der Waals surface area contributed by atoms with Crippen LogP contribution in [-0.4, -0.2) is 19.6 Å². The number of carbonyl (C=O) groups excluding carboxylic acids is 1. The monoisotopic (exact) mass is 264 g/mol. The maximum atomic E-state index is 12.4. The van der Waals surface area contributed by atoms with E-state index in [1.165, 1.54) is 0 Å². The molecule has 94 valence electrons. The molecule has 0 fully saturated rings. The van der Waals surface area contributed by atoms with Crippen molar-refractivity contribution in [2.24, 2.45) is 0 Å². The molecule has 0 bridgehead atoms. The van der Waals surface area contributed by atoms with Crippen molar-refractivity contribution >= 4 is 21.4 Å². The van der Waals surface area contributed by atoms with E-state index in [2.05, 4.69) is 5.32 Å². The molecule has 1 aromatic rings. The van der Waals surface area contributed by atoms with Gasteiger partial charge in [-0.15, -0.1) is 0 Å². The van der Waals surface area contributed by atoms with Crippen LogP contribution in [0.5, 0.6) is 0 Å². The van der Waals surface area contributed by atoms with Crippen molar-refractivity contribution in [1.82, 2.24) is 0 Å². The first-order chi connectivity index (χ1) is 8.39. The van der Waals surface area contributed by atoms with Gasteiger partial charge in [0, 0.05) is 0 Å². The van der Waals surface area contributed by atoms with Crippen LogP contribution in [0.25, 0.3) is 0 Å². The highest BCUT2D eigenvalue weighted by atomic mass is 32.2. The van der Waals surface area contributed by atoms with Crippen LogP contribution in [0, 0.1) is 25.2 Å². The lowest BCUT2D eigenvalue weighted by atomic mass is 10.1. The number of hydrogen-bond donors (Lipinski definition) is 1. The zero-order chi connectivity index (χ0) is 13.5. The summed E-state index contributed by atoms with van der Waals surface area (Å²) >= 11 is 0. The number of aryl methyl sites for hydroxylation is 2. The molecule has 0 saturated carbocycles. The van der Waals surface area contributed by atoms with Crippen LogP contribution in [0.4, 0.5) is 5.69 Å². The molecule has 6 heteroatoms. The van der Waals surface area contributed by atoms with E-state index in [-0.39, 0.29) is 11.3 Å². The molecule has 18 heavy (non-hydrogen) atoms. The first-order valence-corrected chi connectivity index (χ1v) is 6.96. The van der Waals surface area contributed by atoms with E-state index in [0.29, 0.717) is 16.8 Å². The zero-order valence-corrected chi connectivity index (χ0v) is 10.8. The number of nitrogens with one attached hydrogen (secondary N) is 1. The van der Waals surface area contributed by atoms with Gasteiger partial charge in [0.25, 0.3) is 0 Å². The second kappa shape index (κ2) is 4.10. The van der Waals surface area contributed by atoms with Gasteiger partial charge in [0.05, 0.1) is 23.1 Å². The molecule has 1 amide bonds. The minimum Gasteiger partial charge on any atom is -0.324 e. The maximum Gasteiger partial charge on any atom is 0.244 e. The number of anilines is 1. The second-order valence-corrected chi connectivity index (χ2v) is 6.36. The Labute approximate surface area is 105 Å². The number of rotatable bonds is 1. The Hall–Kier alpha value is -1.87. The Kier molecular flexibility index (Phi) is 2.87. The molecule has 0 radical (unpaired) electrons. The van der Waals surface area contributed by atoms with Gasteiger partial charge in [-0.1, -0.05) is 12.1 Å². The van der Waals surface area contributed by atoms with Crippen LogP contribution in [-0.2, 0) is 14.6 Å². The number of amides is 1. The number of carbonyl (C=O) groups is 1. The SMILES string of the molecule is Cc1ccc(C)c2c1NC(=O)C(CC#N)S2(=O)=O. The highest BCUT2D eigenvalue weighted by Gasteiger charge is 2.41. The normalized spacial score (nSPS) is 20.7. The number of benzene rings is 1. The van der Waals surface area contributed by atoms with E-state index in [1.54, 1.807) is 32.0 Å². The van der Waals surface area contributed by atoms with Crippen LogP contribution >= 0.6 is 0 Å². The Bertz CT molecular complexity index is 671. The molecule has 1 unspecified atom stereocenters. The number of nitrogens with zero attached hydrogens (tertiary/aromatic N) is 1. The van der Waals surface area contributed by atoms with Gasteiger partial charge in [0.15, 0.2) is 15.1 Å². The van der Waals surface area contributed by atoms with E-state index >= 15 is 0 Å². The van der Waals surface area contributed by atoms with Gasteiger partial charge in [0.1, 0.15) is 0 Å². The van der Waals surface area contributed by atoms with Gasteiger partial charge in [-0.05, 0) is 25.0 Å². The van der Waals surface area contributed by atoms with Crippen LogP contribution < -0.4 is 5.32 Å². The summed E-state index contributed by atoms with van der Waals surface area (Å²) in [6, 6.07) is 5.21. The van der Waals surface area contributed by atoms with Crippen molar-refractivity contribution in [2.75, 3.05) is 5.32 Å². The predicted molar refractivity (Wildman–Crippen MR) is 65.7 cm³/mol. The topological polar surface area (TPSA) is 87.0 Å². The van der Waals surface area contributed by atoms with E-state index in [1.807, 2.05) is 0 Å². The van der Waals surface area contributed by atoms with E-state index in [4.69, 9.17) is 5.26 Å². The zero-order valence-electron chi connectivity index (χ0n) is 10.0. The molecule has 5 nitrogen and oxygen atoms in total. The summed E-state index contributed by atoms with van der Waals surface area (Å²) in [7, 11) is -3.78. The van der Waals surface area contributed by atoms with Crippen molar-refractivity contribution in [1.29, 1.82) is 5.26 Å². The molecule has 1 N–H and O–H groups in total. The Balaban J connectivity index is 2.75. The first-order valence-electron chi connectivity index (χ1n) is 5.41. The second-order valence-electron chi connectivity index (χ2n) is 4.29. The van der Waals surface area contributed by atoms with Gasteiger partial charge >= 0.3 is 0 Å². The number of sulfone groups is 1. The van der Waals surface area contributed by atoms with Crippen LogP contribution in [0.15, 0.2) is 17.0 Å². The number of hydrogen-bond acceptors (Lipinski definition) is 4. The molecule has 0 saturated heterocycles. The summed E-state index contributed by atoms with van der Waals surface area (Å²) in [5, 5.41) is 9.93.